The summed E-state index contributed by atoms with van der Waals surface area (Å²) in [6, 6.07) is 2.74. The van der Waals surface area contributed by atoms with Gasteiger partial charge in [0, 0.05) is 29.7 Å². The number of aryl methyl sites for hydroxylation is 1. The Balaban J connectivity index is 2.16. The Labute approximate surface area is 105 Å². The van der Waals surface area contributed by atoms with Gasteiger partial charge in [0.05, 0.1) is 0 Å². The highest BCUT2D eigenvalue weighted by atomic mass is 79.9. The lowest BCUT2D eigenvalue weighted by Gasteiger charge is -2.24. The van der Waals surface area contributed by atoms with Gasteiger partial charge >= 0.3 is 0 Å². The van der Waals surface area contributed by atoms with E-state index in [0.29, 0.717) is 6.04 Å². The molecule has 4 heteroatoms. The first-order valence-corrected chi connectivity index (χ1v) is 7.10. The highest BCUT2D eigenvalue weighted by Gasteiger charge is 2.24. The average molecular weight is 284 g/mol. The molecule has 0 saturated carbocycles. The minimum atomic E-state index is 0.601. The lowest BCUT2D eigenvalue weighted by atomic mass is 10.2. The molecule has 16 heavy (non-hydrogen) atoms. The molecule has 0 aliphatic carbocycles. The van der Waals surface area contributed by atoms with Crippen LogP contribution in [0.2, 0.25) is 0 Å². The maximum atomic E-state index is 4.40. The second-order valence-electron chi connectivity index (χ2n) is 4.26. The van der Waals surface area contributed by atoms with Crippen molar-refractivity contribution >= 4 is 21.7 Å². The van der Waals surface area contributed by atoms with Crippen molar-refractivity contribution in [2.24, 2.45) is 0 Å². The molecule has 1 aromatic rings. The van der Waals surface area contributed by atoms with E-state index in [0.717, 1.165) is 36.2 Å². The summed E-state index contributed by atoms with van der Waals surface area (Å²) in [6.45, 7) is 3.30. The van der Waals surface area contributed by atoms with Crippen LogP contribution in [0.25, 0.3) is 0 Å². The van der Waals surface area contributed by atoms with Crippen molar-refractivity contribution < 1.29 is 0 Å². The van der Waals surface area contributed by atoms with E-state index in [2.05, 4.69) is 43.8 Å². The van der Waals surface area contributed by atoms with Gasteiger partial charge < -0.3 is 4.90 Å². The van der Waals surface area contributed by atoms with Crippen LogP contribution in [0.3, 0.4) is 0 Å². The summed E-state index contributed by atoms with van der Waals surface area (Å²) in [5, 5.41) is 1.03. The molecule has 0 N–H and O–H groups in total. The molecule has 1 fully saturated rings. The first kappa shape index (κ1) is 11.8. The molecule has 1 saturated heterocycles. The van der Waals surface area contributed by atoms with Gasteiger partial charge in [0.25, 0.3) is 0 Å². The lowest BCUT2D eigenvalue weighted by molar-refractivity contribution is 0.737. The Bertz CT molecular complexity index is 343. The topological polar surface area (TPSA) is 29.0 Å². The van der Waals surface area contributed by atoms with E-state index < -0.39 is 0 Å². The highest BCUT2D eigenvalue weighted by Crippen LogP contribution is 2.25. The fraction of sp³-hybridized carbons (Fsp3) is 0.667. The van der Waals surface area contributed by atoms with E-state index in [1.807, 2.05) is 0 Å². The number of aromatic nitrogens is 2. The number of hydrogen-bond acceptors (Lipinski definition) is 3. The number of halogens is 1. The molecule has 88 valence electrons. The summed E-state index contributed by atoms with van der Waals surface area (Å²) in [4.78, 5) is 11.1. The quantitative estimate of drug-likeness (QED) is 0.796. The maximum absolute atomic E-state index is 4.40. The highest BCUT2D eigenvalue weighted by molar-refractivity contribution is 9.09. The molecule has 1 aliphatic rings. The minimum absolute atomic E-state index is 0.601. The van der Waals surface area contributed by atoms with Gasteiger partial charge in [0.1, 0.15) is 12.1 Å². The lowest BCUT2D eigenvalue weighted by Crippen LogP contribution is -2.31. The van der Waals surface area contributed by atoms with Gasteiger partial charge in [-0.15, -0.1) is 0 Å². The summed E-state index contributed by atoms with van der Waals surface area (Å²) in [5.41, 5.74) is 1.16. The minimum Gasteiger partial charge on any atom is -0.353 e. The van der Waals surface area contributed by atoms with E-state index in [1.54, 1.807) is 6.33 Å². The van der Waals surface area contributed by atoms with Crippen LogP contribution in [0.15, 0.2) is 12.4 Å². The molecule has 1 unspecified atom stereocenters. The van der Waals surface area contributed by atoms with Gasteiger partial charge in [-0.2, -0.15) is 0 Å². The van der Waals surface area contributed by atoms with Crippen molar-refractivity contribution in [3.05, 3.63) is 18.1 Å². The monoisotopic (exact) mass is 283 g/mol. The van der Waals surface area contributed by atoms with E-state index in [1.165, 1.54) is 12.8 Å². The van der Waals surface area contributed by atoms with Gasteiger partial charge in [-0.05, 0) is 19.3 Å². The summed E-state index contributed by atoms with van der Waals surface area (Å²) < 4.78 is 0. The summed E-state index contributed by atoms with van der Waals surface area (Å²) in [7, 11) is 0. The number of nitrogens with zero attached hydrogens (tertiary/aromatic N) is 3. The zero-order valence-electron chi connectivity index (χ0n) is 9.69. The summed E-state index contributed by atoms with van der Waals surface area (Å²) >= 11 is 3.58. The van der Waals surface area contributed by atoms with Crippen molar-refractivity contribution in [1.82, 2.24) is 9.97 Å². The fourth-order valence-electron chi connectivity index (χ4n) is 2.23. The molecule has 1 aliphatic heterocycles. The molecule has 0 amide bonds. The molecular weight excluding hydrogens is 266 g/mol. The number of hydrogen-bond donors (Lipinski definition) is 0. The fourth-order valence-corrected chi connectivity index (χ4v) is 2.91. The third-order valence-corrected chi connectivity index (χ3v) is 3.81. The van der Waals surface area contributed by atoms with Crippen molar-refractivity contribution in [1.29, 1.82) is 0 Å². The van der Waals surface area contributed by atoms with Gasteiger partial charge in [-0.3, -0.25) is 0 Å². The van der Waals surface area contributed by atoms with Crippen LogP contribution in [-0.4, -0.2) is 27.9 Å². The predicted molar refractivity (Wildman–Crippen MR) is 70.2 cm³/mol. The molecule has 1 aromatic heterocycles. The third kappa shape index (κ3) is 2.54. The molecule has 3 nitrogen and oxygen atoms in total. The maximum Gasteiger partial charge on any atom is 0.132 e. The predicted octanol–water partition coefficient (Wildman–Crippen LogP) is 2.79. The SMILES string of the molecule is CCCc1cc(N2CCCC2CBr)ncn1. The molecule has 2 heterocycles. The van der Waals surface area contributed by atoms with Crippen molar-refractivity contribution in [3.63, 3.8) is 0 Å². The third-order valence-electron chi connectivity index (χ3n) is 3.06. The second kappa shape index (κ2) is 5.62. The van der Waals surface area contributed by atoms with Crippen molar-refractivity contribution in [2.45, 2.75) is 38.6 Å². The molecule has 0 spiro atoms. The first-order chi connectivity index (χ1) is 7.85. The van der Waals surface area contributed by atoms with Crippen LogP contribution in [0.1, 0.15) is 31.9 Å². The largest absolute Gasteiger partial charge is 0.353 e. The molecule has 0 bridgehead atoms. The first-order valence-electron chi connectivity index (χ1n) is 5.98. The molecule has 1 atom stereocenters. The summed E-state index contributed by atoms with van der Waals surface area (Å²) in [5.74, 6) is 1.10. The van der Waals surface area contributed by atoms with Gasteiger partial charge in [0.2, 0.25) is 0 Å². The number of anilines is 1. The van der Waals surface area contributed by atoms with Crippen molar-refractivity contribution in [3.8, 4) is 0 Å². The average Bonchev–Trinajstić information content (AvgIpc) is 2.78. The normalized spacial score (nSPS) is 20.4. The van der Waals surface area contributed by atoms with Crippen LogP contribution in [0, 0.1) is 0 Å². The molecule has 2 rings (SSSR count). The molecule has 0 radical (unpaired) electrons. The smallest absolute Gasteiger partial charge is 0.132 e. The second-order valence-corrected chi connectivity index (χ2v) is 4.91. The number of rotatable bonds is 4. The van der Waals surface area contributed by atoms with E-state index in [9.17, 15) is 0 Å². The van der Waals surface area contributed by atoms with Crippen LogP contribution in [-0.2, 0) is 6.42 Å². The zero-order chi connectivity index (χ0) is 11.4. The van der Waals surface area contributed by atoms with Gasteiger partial charge in [-0.1, -0.05) is 29.3 Å². The van der Waals surface area contributed by atoms with Gasteiger partial charge in [0.15, 0.2) is 0 Å². The van der Waals surface area contributed by atoms with E-state index in [-0.39, 0.29) is 0 Å². The van der Waals surface area contributed by atoms with Crippen LogP contribution in [0.5, 0.6) is 0 Å². The Morgan fingerprint density at radius 1 is 1.50 bits per heavy atom. The Hall–Kier alpha value is -0.640. The standard InChI is InChI=1S/C12H18BrN3/c1-2-4-10-7-12(15-9-14-10)16-6-3-5-11(16)8-13/h7,9,11H,2-6,8H2,1H3. The number of alkyl halides is 1. The molecular formula is C12H18BrN3. The summed E-state index contributed by atoms with van der Waals surface area (Å²) in [6.07, 6.45) is 6.41. The van der Waals surface area contributed by atoms with Crippen LogP contribution in [0.4, 0.5) is 5.82 Å². The molecule has 0 aromatic carbocycles. The Kier molecular flexibility index (Phi) is 4.16. The van der Waals surface area contributed by atoms with Crippen LogP contribution < -0.4 is 4.90 Å². The van der Waals surface area contributed by atoms with E-state index >= 15 is 0 Å². The Morgan fingerprint density at radius 2 is 2.38 bits per heavy atom. The van der Waals surface area contributed by atoms with Crippen molar-refractivity contribution in [2.75, 3.05) is 16.8 Å². The van der Waals surface area contributed by atoms with Crippen LogP contribution >= 0.6 is 15.9 Å². The van der Waals surface area contributed by atoms with Gasteiger partial charge in [-0.25, -0.2) is 9.97 Å². The zero-order valence-corrected chi connectivity index (χ0v) is 11.3. The van der Waals surface area contributed by atoms with E-state index in [4.69, 9.17) is 0 Å². The Morgan fingerprint density at radius 3 is 3.12 bits per heavy atom.